The Hall–Kier alpha value is -2.26. The van der Waals surface area contributed by atoms with Gasteiger partial charge in [0.25, 0.3) is 5.91 Å². The Morgan fingerprint density at radius 1 is 0.828 bits per heavy atom. The highest BCUT2D eigenvalue weighted by Crippen LogP contribution is 2.29. The number of carbonyl (C=O) groups excluding carboxylic acids is 2. The normalized spacial score (nSPS) is 10.2. The summed E-state index contributed by atoms with van der Waals surface area (Å²) in [5.41, 5.74) is 5.44. The number of amides is 2. The highest BCUT2D eigenvalue weighted by atomic mass is 79.9. The van der Waals surface area contributed by atoms with Gasteiger partial charge in [-0.2, -0.15) is 0 Å². The van der Waals surface area contributed by atoms with E-state index in [1.807, 2.05) is 19.9 Å². The number of nitrogens with one attached hydrogen (secondary N) is 2. The first kappa shape index (κ1) is 23.0. The van der Waals surface area contributed by atoms with Gasteiger partial charge >= 0.3 is 0 Å². The van der Waals surface area contributed by atoms with Gasteiger partial charge in [-0.25, -0.2) is 0 Å². The quantitative estimate of drug-likeness (QED) is 0.483. The second kappa shape index (κ2) is 11.7. The van der Waals surface area contributed by atoms with Gasteiger partial charge in [0.05, 0.1) is 24.1 Å². The van der Waals surface area contributed by atoms with Crippen LogP contribution < -0.4 is 25.1 Å². The lowest BCUT2D eigenvalue weighted by molar-refractivity contribution is -0.129. The van der Waals surface area contributed by atoms with Crippen LogP contribution in [-0.4, -0.2) is 31.6 Å². The molecule has 2 amide bonds. The Bertz CT molecular complexity index is 861. The molecule has 156 valence electrons. The molecule has 7 nitrogen and oxygen atoms in total. The molecule has 0 aliphatic carbocycles. The van der Waals surface area contributed by atoms with E-state index in [4.69, 9.17) is 14.2 Å². The van der Waals surface area contributed by atoms with Crippen LogP contribution in [0.4, 0.5) is 0 Å². The minimum atomic E-state index is -0.477. The fourth-order valence-electron chi connectivity index (χ4n) is 2.35. The highest BCUT2D eigenvalue weighted by Gasteiger charge is 2.11. The third-order valence-electron chi connectivity index (χ3n) is 3.57. The molecule has 29 heavy (non-hydrogen) atoms. The summed E-state index contributed by atoms with van der Waals surface area (Å²) in [5, 5.41) is 0. The summed E-state index contributed by atoms with van der Waals surface area (Å²) in [6.07, 6.45) is 0.0753. The van der Waals surface area contributed by atoms with E-state index in [0.717, 1.165) is 10.0 Å². The molecule has 2 N–H and O–H groups in total. The predicted octanol–water partition coefficient (Wildman–Crippen LogP) is 3.78. The maximum absolute atomic E-state index is 12.1. The highest BCUT2D eigenvalue weighted by molar-refractivity contribution is 9.11. The molecule has 2 aromatic carbocycles. The van der Waals surface area contributed by atoms with Gasteiger partial charge in [0.1, 0.15) is 5.75 Å². The van der Waals surface area contributed by atoms with E-state index in [9.17, 15) is 9.59 Å². The van der Waals surface area contributed by atoms with Crippen molar-refractivity contribution in [2.45, 2.75) is 20.3 Å². The maximum atomic E-state index is 12.1. The van der Waals surface area contributed by atoms with Crippen LogP contribution in [0.25, 0.3) is 0 Å². The summed E-state index contributed by atoms with van der Waals surface area (Å²) in [4.78, 5) is 24.0. The number of carbonyl (C=O) groups is 2. The predicted molar refractivity (Wildman–Crippen MR) is 116 cm³/mol. The van der Waals surface area contributed by atoms with Crippen molar-refractivity contribution in [1.29, 1.82) is 0 Å². The van der Waals surface area contributed by atoms with E-state index in [-0.39, 0.29) is 18.9 Å². The lowest BCUT2D eigenvalue weighted by Gasteiger charge is -2.13. The van der Waals surface area contributed by atoms with Gasteiger partial charge in [-0.3, -0.25) is 20.4 Å². The van der Waals surface area contributed by atoms with Gasteiger partial charge in [0, 0.05) is 4.47 Å². The van der Waals surface area contributed by atoms with Crippen molar-refractivity contribution in [3.63, 3.8) is 0 Å². The van der Waals surface area contributed by atoms with Crippen LogP contribution in [0.2, 0.25) is 0 Å². The molecule has 0 spiro atoms. The molecule has 0 fully saturated rings. The third-order valence-corrected chi connectivity index (χ3v) is 4.68. The first-order valence-corrected chi connectivity index (χ1v) is 10.6. The van der Waals surface area contributed by atoms with Crippen LogP contribution in [0.5, 0.6) is 17.2 Å². The zero-order valence-corrected chi connectivity index (χ0v) is 19.3. The second-order valence-corrected chi connectivity index (χ2v) is 7.55. The Morgan fingerprint density at radius 3 is 2.17 bits per heavy atom. The second-order valence-electron chi connectivity index (χ2n) is 5.78. The fraction of sp³-hybridized carbons (Fsp3) is 0.300. The number of rotatable bonds is 9. The van der Waals surface area contributed by atoms with E-state index >= 15 is 0 Å². The van der Waals surface area contributed by atoms with Crippen LogP contribution in [0.1, 0.15) is 19.4 Å². The smallest absolute Gasteiger partial charge is 0.276 e. The number of hydrazine groups is 1. The van der Waals surface area contributed by atoms with Crippen molar-refractivity contribution >= 4 is 43.7 Å². The monoisotopic (exact) mass is 528 g/mol. The van der Waals surface area contributed by atoms with Crippen molar-refractivity contribution in [1.82, 2.24) is 10.9 Å². The Kier molecular flexibility index (Phi) is 9.27. The molecule has 0 aromatic heterocycles. The molecule has 0 aliphatic heterocycles. The van der Waals surface area contributed by atoms with Crippen molar-refractivity contribution in [2.24, 2.45) is 0 Å². The number of hydrogen-bond donors (Lipinski definition) is 2. The Balaban J connectivity index is 1.82. The largest absolute Gasteiger partial charge is 0.490 e. The number of hydrogen-bond acceptors (Lipinski definition) is 5. The average Bonchev–Trinajstić information content (AvgIpc) is 2.68. The van der Waals surface area contributed by atoms with E-state index in [2.05, 4.69) is 42.7 Å². The van der Waals surface area contributed by atoms with Crippen LogP contribution >= 0.6 is 31.9 Å². The molecule has 0 atom stereocenters. The molecule has 0 unspecified atom stereocenters. The van der Waals surface area contributed by atoms with Gasteiger partial charge in [-0.05, 0) is 65.7 Å². The molecular formula is C20H22Br2N2O5. The summed E-state index contributed by atoms with van der Waals surface area (Å²) in [7, 11) is 0. The molecule has 2 rings (SSSR count). The van der Waals surface area contributed by atoms with E-state index in [0.29, 0.717) is 34.9 Å². The Labute approximate surface area is 186 Å². The van der Waals surface area contributed by atoms with E-state index in [1.165, 1.54) is 0 Å². The van der Waals surface area contributed by atoms with Crippen LogP contribution in [0, 0.1) is 0 Å². The molecule has 0 heterocycles. The van der Waals surface area contributed by atoms with Crippen LogP contribution in [0.3, 0.4) is 0 Å². The van der Waals surface area contributed by atoms with Crippen molar-refractivity contribution in [2.75, 3.05) is 19.8 Å². The molecule has 9 heteroatoms. The molecule has 0 radical (unpaired) electrons. The van der Waals surface area contributed by atoms with Gasteiger partial charge in [0.2, 0.25) is 5.91 Å². The molecule has 0 saturated carbocycles. The van der Waals surface area contributed by atoms with Crippen molar-refractivity contribution < 1.29 is 23.8 Å². The lowest BCUT2D eigenvalue weighted by Crippen LogP contribution is -2.44. The number of halogens is 2. The van der Waals surface area contributed by atoms with Crippen LogP contribution in [-0.2, 0) is 16.0 Å². The number of benzene rings is 2. The summed E-state index contributed by atoms with van der Waals surface area (Å²) >= 11 is 6.69. The first-order chi connectivity index (χ1) is 13.9. The minimum absolute atomic E-state index is 0.0753. The maximum Gasteiger partial charge on any atom is 0.276 e. The SMILES string of the molecule is CCOc1ccc(CC(=O)NNC(=O)COc2ccc(Br)cc2Br)cc1OCC. The first-order valence-electron chi connectivity index (χ1n) is 8.97. The molecular weight excluding hydrogens is 508 g/mol. The van der Waals surface area contributed by atoms with Gasteiger partial charge < -0.3 is 14.2 Å². The van der Waals surface area contributed by atoms with Crippen molar-refractivity contribution in [3.8, 4) is 17.2 Å². The molecule has 0 saturated heterocycles. The Morgan fingerprint density at radius 2 is 1.48 bits per heavy atom. The molecule has 0 aliphatic rings. The van der Waals surface area contributed by atoms with Gasteiger partial charge in [0.15, 0.2) is 18.1 Å². The lowest BCUT2D eigenvalue weighted by atomic mass is 10.1. The zero-order valence-electron chi connectivity index (χ0n) is 16.1. The minimum Gasteiger partial charge on any atom is -0.490 e. The van der Waals surface area contributed by atoms with Gasteiger partial charge in [-0.15, -0.1) is 0 Å². The van der Waals surface area contributed by atoms with Crippen molar-refractivity contribution in [3.05, 3.63) is 50.9 Å². The number of ether oxygens (including phenoxy) is 3. The van der Waals surface area contributed by atoms with Crippen LogP contribution in [0.15, 0.2) is 45.3 Å². The summed E-state index contributed by atoms with van der Waals surface area (Å²) < 4.78 is 18.1. The third kappa shape index (κ3) is 7.58. The zero-order chi connectivity index (χ0) is 21.2. The van der Waals surface area contributed by atoms with Gasteiger partial charge in [-0.1, -0.05) is 22.0 Å². The summed E-state index contributed by atoms with van der Waals surface area (Å²) in [6.45, 7) is 4.53. The summed E-state index contributed by atoms with van der Waals surface area (Å²) in [5.74, 6) is 0.886. The average molecular weight is 530 g/mol. The fourth-order valence-corrected chi connectivity index (χ4v) is 3.51. The van der Waals surface area contributed by atoms with E-state index in [1.54, 1.807) is 30.3 Å². The summed E-state index contributed by atoms with van der Waals surface area (Å²) in [6, 6.07) is 10.6. The molecule has 0 bridgehead atoms. The van der Waals surface area contributed by atoms with E-state index < -0.39 is 5.91 Å². The standard InChI is InChI=1S/C20H22Br2N2O5/c1-3-27-17-7-5-13(9-18(17)28-4-2)10-19(25)23-24-20(26)12-29-16-8-6-14(21)11-15(16)22/h5-9,11H,3-4,10,12H2,1-2H3,(H,23,25)(H,24,26). The molecule has 2 aromatic rings. The topological polar surface area (TPSA) is 85.9 Å².